The number of esters is 1. The Morgan fingerprint density at radius 1 is 0.959 bits per heavy atom. The third-order valence-corrected chi connectivity index (χ3v) is 9.24. The van der Waals surface area contributed by atoms with Crippen LogP contribution in [0.5, 0.6) is 5.75 Å². The number of nitrogens with two attached hydrogens (primary N) is 1. The summed E-state index contributed by atoms with van der Waals surface area (Å²) in [4.78, 5) is 43.2. The van der Waals surface area contributed by atoms with Gasteiger partial charge in [0.05, 0.1) is 18.2 Å². The molecule has 0 spiro atoms. The third kappa shape index (κ3) is 8.66. The van der Waals surface area contributed by atoms with Gasteiger partial charge in [-0.3, -0.25) is 4.79 Å². The van der Waals surface area contributed by atoms with E-state index in [1.807, 2.05) is 23.7 Å². The number of urea groups is 1. The van der Waals surface area contributed by atoms with Crippen LogP contribution in [0.2, 0.25) is 0 Å². The summed E-state index contributed by atoms with van der Waals surface area (Å²) in [5.74, 6) is -1.04. The molecule has 1 atom stereocenters. The smallest absolute Gasteiger partial charge is 0.346 e. The zero-order chi connectivity index (χ0) is 35.5. The lowest BCUT2D eigenvalue weighted by Gasteiger charge is -2.29. The molecule has 11 heteroatoms. The Bertz CT molecular complexity index is 1940. The first-order valence-electron chi connectivity index (χ1n) is 16.2. The molecule has 3 aromatic carbocycles. The minimum atomic E-state index is -1.02. The topological polar surface area (TPSA) is 131 Å². The van der Waals surface area contributed by atoms with Gasteiger partial charge in [0.1, 0.15) is 30.7 Å². The van der Waals surface area contributed by atoms with Crippen molar-refractivity contribution in [1.29, 1.82) is 0 Å². The lowest BCUT2D eigenvalue weighted by molar-refractivity contribution is -0.506. The van der Waals surface area contributed by atoms with E-state index in [9.17, 15) is 19.5 Å². The monoisotopic (exact) mass is 682 g/mol. The van der Waals surface area contributed by atoms with Crippen LogP contribution in [0.25, 0.3) is 4.96 Å². The second kappa shape index (κ2) is 14.5. The van der Waals surface area contributed by atoms with Crippen LogP contribution in [0.15, 0.2) is 85.2 Å². The number of nitrogens with zero attached hydrogens (tertiary/aromatic N) is 3. The Hall–Kier alpha value is -5.16. The molecule has 0 radical (unpaired) electrons. The van der Waals surface area contributed by atoms with Crippen LogP contribution in [0, 0.1) is 6.92 Å². The summed E-state index contributed by atoms with van der Waals surface area (Å²) in [6.45, 7) is 12.8. The number of hydrogen-bond donors (Lipinski definition) is 3. The molecule has 0 aliphatic rings. The molecule has 49 heavy (non-hydrogen) atoms. The molecule has 0 fully saturated rings. The second-order valence-corrected chi connectivity index (χ2v) is 14.8. The van der Waals surface area contributed by atoms with Crippen LogP contribution in [0.1, 0.15) is 72.2 Å². The molecule has 0 bridgehead atoms. The predicted molar refractivity (Wildman–Crippen MR) is 191 cm³/mol. The number of phenols is 1. The molecule has 0 aliphatic heterocycles. The van der Waals surface area contributed by atoms with Gasteiger partial charge in [-0.25, -0.2) is 14.2 Å². The minimum Gasteiger partial charge on any atom is -0.508 e. The van der Waals surface area contributed by atoms with Crippen LogP contribution in [0.3, 0.4) is 0 Å². The number of aryl methyl sites for hydroxylation is 1. The number of thiazole rings is 1. The number of anilines is 1. The molecule has 2 heterocycles. The number of rotatable bonds is 11. The normalized spacial score (nSPS) is 12.2. The summed E-state index contributed by atoms with van der Waals surface area (Å²) in [6.07, 6.45) is 3.90. The highest BCUT2D eigenvalue weighted by molar-refractivity contribution is 7.16. The van der Waals surface area contributed by atoms with Gasteiger partial charge in [-0.15, -0.1) is 0 Å². The first kappa shape index (κ1) is 35.2. The number of carbonyl (C=O) groups excluding carboxylic acids is 3. The van der Waals surface area contributed by atoms with E-state index in [0.29, 0.717) is 17.8 Å². The van der Waals surface area contributed by atoms with Crippen molar-refractivity contribution in [2.24, 2.45) is 5.73 Å². The van der Waals surface area contributed by atoms with Crippen molar-refractivity contribution < 1.29 is 28.6 Å². The van der Waals surface area contributed by atoms with Crippen LogP contribution in [0.4, 0.5) is 10.5 Å². The van der Waals surface area contributed by atoms with Gasteiger partial charge in [-0.1, -0.05) is 68.5 Å². The lowest BCUT2D eigenvalue weighted by Crippen LogP contribution is -2.50. The van der Waals surface area contributed by atoms with Crippen molar-refractivity contribution in [2.45, 2.75) is 78.6 Å². The summed E-state index contributed by atoms with van der Waals surface area (Å²) in [5, 5.41) is 12.7. The summed E-state index contributed by atoms with van der Waals surface area (Å²) in [7, 11) is 0. The standard InChI is InChI=1S/C38H43N5O5S/c1-24(2)48-35(46)28-11-15-30(16-12-28)40-36(47)43(33(34(39)45)19-26-9-17-32(44)18-10-26)23-31-22-41-20-25(3)49-37(41)42(31)21-27-7-13-29(14-8-27)38(4,5)6/h7-18,20,22,24,33H,19,21,23H2,1-6H3,(H3-,39,40,44,45,46,47)/p+1/t33-/m0/s1. The summed E-state index contributed by atoms with van der Waals surface area (Å²) >= 11 is 1.64. The van der Waals surface area contributed by atoms with E-state index in [1.165, 1.54) is 22.6 Å². The molecular weight excluding hydrogens is 639 g/mol. The van der Waals surface area contributed by atoms with E-state index in [0.717, 1.165) is 26.7 Å². The van der Waals surface area contributed by atoms with E-state index < -0.39 is 23.9 Å². The van der Waals surface area contributed by atoms with E-state index in [1.54, 1.807) is 61.6 Å². The Kier molecular flexibility index (Phi) is 10.4. The Morgan fingerprint density at radius 3 is 2.18 bits per heavy atom. The maximum atomic E-state index is 14.1. The number of fused-ring (bicyclic) bond motifs is 1. The SMILES string of the molecule is Cc1c[n+]2cc(CN(C(=O)Nc3ccc(C(=O)OC(C)C)cc3)[C@@H](Cc3ccc(O)cc3)C(N)=O)n(Cc3ccc(C(C)(C)C)cc3)c2s1. The Labute approximate surface area is 290 Å². The summed E-state index contributed by atoms with van der Waals surface area (Å²) < 4.78 is 9.49. The van der Waals surface area contributed by atoms with Gasteiger partial charge < -0.3 is 25.8 Å². The number of carbonyl (C=O) groups is 3. The molecule has 0 unspecified atom stereocenters. The molecule has 5 rings (SSSR count). The number of amides is 3. The maximum absolute atomic E-state index is 14.1. The van der Waals surface area contributed by atoms with E-state index in [4.69, 9.17) is 10.5 Å². The van der Waals surface area contributed by atoms with Gasteiger partial charge in [-0.2, -0.15) is 4.40 Å². The van der Waals surface area contributed by atoms with Gasteiger partial charge in [0, 0.05) is 17.0 Å². The van der Waals surface area contributed by atoms with Gasteiger partial charge in [-0.05, 0) is 79.3 Å². The van der Waals surface area contributed by atoms with Gasteiger partial charge >= 0.3 is 17.0 Å². The summed E-state index contributed by atoms with van der Waals surface area (Å²) in [5.41, 5.74) is 10.7. The molecule has 0 aliphatic carbocycles. The van der Waals surface area contributed by atoms with Crippen LogP contribution in [-0.2, 0) is 34.5 Å². The number of aromatic nitrogens is 2. The van der Waals surface area contributed by atoms with Crippen molar-refractivity contribution in [3.63, 3.8) is 0 Å². The molecule has 5 aromatic rings. The van der Waals surface area contributed by atoms with E-state index >= 15 is 0 Å². The molecule has 0 saturated carbocycles. The number of ether oxygens (including phenoxy) is 1. The highest BCUT2D eigenvalue weighted by atomic mass is 32.1. The zero-order valence-electron chi connectivity index (χ0n) is 28.8. The van der Waals surface area contributed by atoms with E-state index in [2.05, 4.69) is 54.9 Å². The van der Waals surface area contributed by atoms with Gasteiger partial charge in [0.2, 0.25) is 5.91 Å². The fourth-order valence-corrected chi connectivity index (χ4v) is 6.54. The number of hydrogen-bond acceptors (Lipinski definition) is 6. The average Bonchev–Trinajstić information content (AvgIpc) is 3.55. The number of imidazole rings is 1. The van der Waals surface area contributed by atoms with Crippen LogP contribution in [-0.4, -0.2) is 44.6 Å². The van der Waals surface area contributed by atoms with Crippen LogP contribution < -0.4 is 15.5 Å². The van der Waals surface area contributed by atoms with Crippen molar-refractivity contribution in [3.05, 3.63) is 118 Å². The number of phenolic OH excluding ortho intramolecular Hbond substituents is 1. The highest BCUT2D eigenvalue weighted by Crippen LogP contribution is 2.25. The highest BCUT2D eigenvalue weighted by Gasteiger charge is 2.33. The summed E-state index contributed by atoms with van der Waals surface area (Å²) in [6, 6.07) is 19.9. The lowest BCUT2D eigenvalue weighted by atomic mass is 9.87. The zero-order valence-corrected chi connectivity index (χ0v) is 29.6. The molecule has 10 nitrogen and oxygen atoms in total. The first-order chi connectivity index (χ1) is 23.2. The quantitative estimate of drug-likeness (QED) is 0.111. The fourth-order valence-electron chi connectivity index (χ4n) is 5.59. The molecular formula is C38H44N5O5S+. The van der Waals surface area contributed by atoms with Crippen molar-refractivity contribution in [3.8, 4) is 5.75 Å². The first-order valence-corrected chi connectivity index (χ1v) is 17.0. The maximum Gasteiger partial charge on any atom is 0.346 e. The van der Waals surface area contributed by atoms with Crippen molar-refractivity contribution in [1.82, 2.24) is 9.47 Å². The molecule has 2 aromatic heterocycles. The fraction of sp³-hybridized carbons (Fsp3) is 0.316. The van der Waals surface area contributed by atoms with Gasteiger partial charge in [0.25, 0.3) is 0 Å². The minimum absolute atomic E-state index is 0.0258. The number of benzene rings is 3. The molecule has 0 saturated heterocycles. The Balaban J connectivity index is 1.50. The van der Waals surface area contributed by atoms with Crippen LogP contribution >= 0.6 is 11.3 Å². The largest absolute Gasteiger partial charge is 0.508 e. The number of primary amides is 1. The second-order valence-electron chi connectivity index (χ2n) is 13.6. The van der Waals surface area contributed by atoms with Crippen molar-refractivity contribution >= 4 is 39.9 Å². The van der Waals surface area contributed by atoms with Crippen molar-refractivity contribution in [2.75, 3.05) is 5.32 Å². The average molecular weight is 683 g/mol. The number of nitrogens with one attached hydrogen (secondary N) is 1. The molecule has 256 valence electrons. The van der Waals surface area contributed by atoms with Gasteiger partial charge in [0.15, 0.2) is 5.69 Å². The molecule has 3 amide bonds. The molecule has 4 N–H and O–H groups in total. The van der Waals surface area contributed by atoms with E-state index in [-0.39, 0.29) is 30.2 Å². The predicted octanol–water partition coefficient (Wildman–Crippen LogP) is 6.34. The third-order valence-electron chi connectivity index (χ3n) is 8.20. The number of aromatic hydroxyl groups is 1. The Morgan fingerprint density at radius 2 is 1.59 bits per heavy atom.